The first kappa shape index (κ1) is 13.0. The van der Waals surface area contributed by atoms with Crippen molar-refractivity contribution in [2.75, 3.05) is 11.4 Å². The number of carboxylic acid groups (broad SMARTS) is 1. The fourth-order valence-electron chi connectivity index (χ4n) is 2.28. The van der Waals surface area contributed by atoms with Crippen molar-refractivity contribution in [3.05, 3.63) is 36.0 Å². The van der Waals surface area contributed by atoms with E-state index in [-0.39, 0.29) is 24.4 Å². The third kappa shape index (κ3) is 2.29. The number of anilines is 1. The molecule has 0 saturated carbocycles. The van der Waals surface area contributed by atoms with Gasteiger partial charge < -0.3 is 5.11 Å². The van der Waals surface area contributed by atoms with Gasteiger partial charge in [0.05, 0.1) is 5.56 Å². The van der Waals surface area contributed by atoms with E-state index in [1.165, 1.54) is 17.2 Å². The highest BCUT2D eigenvalue weighted by Crippen LogP contribution is 2.23. The van der Waals surface area contributed by atoms with Crippen LogP contribution in [0.25, 0.3) is 10.8 Å². The van der Waals surface area contributed by atoms with Crippen molar-refractivity contribution in [1.29, 1.82) is 0 Å². The minimum absolute atomic E-state index is 0.157. The van der Waals surface area contributed by atoms with Crippen molar-refractivity contribution in [2.45, 2.75) is 6.42 Å². The molecule has 1 aromatic heterocycles. The molecule has 3 rings (SSSR count). The predicted octanol–water partition coefficient (Wildman–Crippen LogP) is 1.38. The van der Waals surface area contributed by atoms with E-state index in [9.17, 15) is 14.4 Å². The SMILES string of the molecule is O=C1CCN(c2cc3cccc(C(=O)O)c3cn2)C(=O)N1. The van der Waals surface area contributed by atoms with E-state index in [1.54, 1.807) is 18.2 Å². The standard InChI is InChI=1S/C14H11N3O4/c18-12-4-5-17(14(21)16-12)11-6-8-2-1-3-9(13(19)20)10(8)7-15-11/h1-3,6-7H,4-5H2,(H,19,20)(H,16,18,21). The van der Waals surface area contributed by atoms with Gasteiger partial charge in [0.25, 0.3) is 0 Å². The normalized spacial score (nSPS) is 15.1. The Morgan fingerprint density at radius 1 is 1.33 bits per heavy atom. The Labute approximate surface area is 119 Å². The molecule has 0 bridgehead atoms. The molecular formula is C14H11N3O4. The number of imide groups is 1. The predicted molar refractivity (Wildman–Crippen MR) is 74.2 cm³/mol. The number of rotatable bonds is 2. The molecule has 0 radical (unpaired) electrons. The first-order valence-electron chi connectivity index (χ1n) is 6.29. The molecule has 0 spiro atoms. The van der Waals surface area contributed by atoms with Gasteiger partial charge in [0.15, 0.2) is 0 Å². The zero-order chi connectivity index (χ0) is 15.0. The summed E-state index contributed by atoms with van der Waals surface area (Å²) in [5.41, 5.74) is 0.157. The fourth-order valence-corrected chi connectivity index (χ4v) is 2.28. The first-order valence-corrected chi connectivity index (χ1v) is 6.29. The Hall–Kier alpha value is -2.96. The van der Waals surface area contributed by atoms with Crippen LogP contribution in [-0.2, 0) is 4.79 Å². The molecule has 106 valence electrons. The van der Waals surface area contributed by atoms with Gasteiger partial charge in [0.1, 0.15) is 5.82 Å². The number of pyridine rings is 1. The number of nitrogens with one attached hydrogen (secondary N) is 1. The second-order valence-corrected chi connectivity index (χ2v) is 4.63. The maximum Gasteiger partial charge on any atom is 0.336 e. The molecule has 2 aromatic rings. The summed E-state index contributed by atoms with van der Waals surface area (Å²) >= 11 is 0. The lowest BCUT2D eigenvalue weighted by atomic mass is 10.1. The Morgan fingerprint density at radius 3 is 2.86 bits per heavy atom. The number of amides is 3. The molecule has 0 atom stereocenters. The van der Waals surface area contributed by atoms with Crippen LogP contribution >= 0.6 is 0 Å². The number of hydrogen-bond donors (Lipinski definition) is 2. The van der Waals surface area contributed by atoms with E-state index in [4.69, 9.17) is 5.11 Å². The zero-order valence-corrected chi connectivity index (χ0v) is 10.9. The Balaban J connectivity index is 2.04. The molecule has 0 aliphatic carbocycles. The average Bonchev–Trinajstić information content (AvgIpc) is 2.46. The van der Waals surface area contributed by atoms with Gasteiger partial charge in [0, 0.05) is 24.5 Å². The van der Waals surface area contributed by atoms with Crippen LogP contribution in [-0.4, -0.2) is 34.5 Å². The maximum atomic E-state index is 11.8. The molecule has 1 aliphatic rings. The molecule has 7 nitrogen and oxygen atoms in total. The number of aromatic nitrogens is 1. The number of carbonyl (C=O) groups excluding carboxylic acids is 2. The number of hydrogen-bond acceptors (Lipinski definition) is 4. The number of carbonyl (C=O) groups is 3. The fraction of sp³-hybridized carbons (Fsp3) is 0.143. The number of nitrogens with zero attached hydrogens (tertiary/aromatic N) is 2. The quantitative estimate of drug-likeness (QED) is 0.868. The molecule has 0 unspecified atom stereocenters. The molecule has 2 heterocycles. The smallest absolute Gasteiger partial charge is 0.336 e. The van der Waals surface area contributed by atoms with Gasteiger partial charge in [-0.25, -0.2) is 14.6 Å². The van der Waals surface area contributed by atoms with E-state index in [1.807, 2.05) is 0 Å². The molecule has 3 amide bonds. The summed E-state index contributed by atoms with van der Waals surface area (Å²) in [6.45, 7) is 0.252. The second kappa shape index (κ2) is 4.86. The van der Waals surface area contributed by atoms with Gasteiger partial charge in [-0.2, -0.15) is 0 Å². The van der Waals surface area contributed by atoms with E-state index in [2.05, 4.69) is 10.3 Å². The molecule has 1 fully saturated rings. The van der Waals surface area contributed by atoms with Crippen LogP contribution < -0.4 is 10.2 Å². The summed E-state index contributed by atoms with van der Waals surface area (Å²) in [5.74, 6) is -0.961. The van der Waals surface area contributed by atoms with Crippen LogP contribution in [0.1, 0.15) is 16.8 Å². The monoisotopic (exact) mass is 285 g/mol. The molecule has 1 saturated heterocycles. The highest BCUT2D eigenvalue weighted by Gasteiger charge is 2.25. The minimum Gasteiger partial charge on any atom is -0.478 e. The van der Waals surface area contributed by atoms with Crippen molar-refractivity contribution < 1.29 is 19.5 Å². The highest BCUT2D eigenvalue weighted by atomic mass is 16.4. The van der Waals surface area contributed by atoms with Crippen LogP contribution in [0.5, 0.6) is 0 Å². The molecule has 1 aromatic carbocycles. The van der Waals surface area contributed by atoms with Crippen LogP contribution in [0.4, 0.5) is 10.6 Å². The summed E-state index contributed by atoms with van der Waals surface area (Å²) in [4.78, 5) is 39.6. The molecule has 2 N–H and O–H groups in total. The van der Waals surface area contributed by atoms with E-state index in [0.717, 1.165) is 0 Å². The summed E-state index contributed by atoms with van der Waals surface area (Å²) in [7, 11) is 0. The van der Waals surface area contributed by atoms with Crippen molar-refractivity contribution >= 4 is 34.5 Å². The van der Waals surface area contributed by atoms with Crippen LogP contribution in [0.2, 0.25) is 0 Å². The maximum absolute atomic E-state index is 11.8. The average molecular weight is 285 g/mol. The van der Waals surface area contributed by atoms with Crippen molar-refractivity contribution in [3.63, 3.8) is 0 Å². The lowest BCUT2D eigenvalue weighted by molar-refractivity contribution is -0.120. The third-order valence-electron chi connectivity index (χ3n) is 3.31. The van der Waals surface area contributed by atoms with Crippen LogP contribution in [0, 0.1) is 0 Å². The van der Waals surface area contributed by atoms with E-state index < -0.39 is 12.0 Å². The Morgan fingerprint density at radius 2 is 2.14 bits per heavy atom. The van der Waals surface area contributed by atoms with Gasteiger partial charge in [-0.3, -0.25) is 15.0 Å². The number of carboxylic acids is 1. The molecule has 7 heteroatoms. The molecule has 21 heavy (non-hydrogen) atoms. The van der Waals surface area contributed by atoms with Crippen molar-refractivity contribution in [3.8, 4) is 0 Å². The number of urea groups is 1. The Kier molecular flexibility index (Phi) is 3.02. The summed E-state index contributed by atoms with van der Waals surface area (Å²) in [6, 6.07) is 6.00. The van der Waals surface area contributed by atoms with Gasteiger partial charge in [-0.15, -0.1) is 0 Å². The highest BCUT2D eigenvalue weighted by molar-refractivity contribution is 6.07. The summed E-state index contributed by atoms with van der Waals surface area (Å²) in [5, 5.41) is 12.5. The molecule has 1 aliphatic heterocycles. The summed E-state index contributed by atoms with van der Waals surface area (Å²) < 4.78 is 0. The van der Waals surface area contributed by atoms with E-state index >= 15 is 0 Å². The van der Waals surface area contributed by atoms with Gasteiger partial charge in [0.2, 0.25) is 5.91 Å². The second-order valence-electron chi connectivity index (χ2n) is 4.63. The third-order valence-corrected chi connectivity index (χ3v) is 3.31. The lowest BCUT2D eigenvalue weighted by Gasteiger charge is -2.25. The Bertz CT molecular complexity index is 772. The van der Waals surface area contributed by atoms with Gasteiger partial charge >= 0.3 is 12.0 Å². The minimum atomic E-state index is -1.03. The number of fused-ring (bicyclic) bond motifs is 1. The molecular weight excluding hydrogens is 274 g/mol. The zero-order valence-electron chi connectivity index (χ0n) is 10.9. The van der Waals surface area contributed by atoms with Gasteiger partial charge in [-0.05, 0) is 17.5 Å². The number of aromatic carboxylic acids is 1. The van der Waals surface area contributed by atoms with Crippen LogP contribution in [0.15, 0.2) is 30.5 Å². The summed E-state index contributed by atoms with van der Waals surface area (Å²) in [6.07, 6.45) is 1.64. The topological polar surface area (TPSA) is 99.6 Å². The van der Waals surface area contributed by atoms with Gasteiger partial charge in [-0.1, -0.05) is 12.1 Å². The first-order chi connectivity index (χ1) is 10.1. The number of benzene rings is 1. The van der Waals surface area contributed by atoms with Crippen molar-refractivity contribution in [2.24, 2.45) is 0 Å². The van der Waals surface area contributed by atoms with Crippen LogP contribution in [0.3, 0.4) is 0 Å². The lowest BCUT2D eigenvalue weighted by Crippen LogP contribution is -2.49. The van der Waals surface area contributed by atoms with E-state index in [0.29, 0.717) is 16.6 Å². The van der Waals surface area contributed by atoms with Crippen molar-refractivity contribution in [1.82, 2.24) is 10.3 Å². The largest absolute Gasteiger partial charge is 0.478 e.